The lowest BCUT2D eigenvalue weighted by atomic mass is 9.86. The van der Waals surface area contributed by atoms with Crippen LogP contribution in [-0.4, -0.2) is 34.6 Å². The van der Waals surface area contributed by atoms with Gasteiger partial charge in [0, 0.05) is 19.3 Å². The molecule has 114 valence electrons. The Morgan fingerprint density at radius 2 is 2.00 bits per heavy atom. The molecule has 21 heavy (non-hydrogen) atoms. The minimum Gasteiger partial charge on any atom is -0.356 e. The third-order valence-electron chi connectivity index (χ3n) is 4.85. The summed E-state index contributed by atoms with van der Waals surface area (Å²) in [4.78, 5) is 14.0. The molecule has 2 aliphatic rings. The van der Waals surface area contributed by atoms with Crippen molar-refractivity contribution in [3.63, 3.8) is 0 Å². The number of nitrogens with two attached hydrogens (primary N) is 1. The average Bonchev–Trinajstić information content (AvgIpc) is 2.83. The van der Waals surface area contributed by atoms with E-state index in [1.165, 1.54) is 38.5 Å². The van der Waals surface area contributed by atoms with E-state index in [1.54, 1.807) is 6.33 Å². The van der Waals surface area contributed by atoms with Crippen molar-refractivity contribution >= 4 is 16.9 Å². The predicted octanol–water partition coefficient (Wildman–Crippen LogP) is 2.69. The van der Waals surface area contributed by atoms with Gasteiger partial charge < -0.3 is 15.6 Å². The van der Waals surface area contributed by atoms with Gasteiger partial charge in [-0.1, -0.05) is 6.42 Å². The molecular weight excluding hydrogens is 262 g/mol. The Bertz CT molecular complexity index is 568. The Morgan fingerprint density at radius 1 is 1.24 bits per heavy atom. The standard InChI is InChI=1S/C11H14N4.C5H11N/c1-15(8-3-2-4-8)11-9-5-6-12-10(9)13-7-14-11;6-4-5-2-1-3-5/h5-8H,2-4H2,1H3,(H,12,13,14);5H,1-4,6H2. The molecule has 0 radical (unpaired) electrons. The van der Waals surface area contributed by atoms with E-state index in [-0.39, 0.29) is 0 Å². The molecule has 2 saturated carbocycles. The van der Waals surface area contributed by atoms with Crippen molar-refractivity contribution in [2.24, 2.45) is 11.7 Å². The van der Waals surface area contributed by atoms with E-state index < -0.39 is 0 Å². The van der Waals surface area contributed by atoms with Crippen molar-refractivity contribution in [3.8, 4) is 0 Å². The molecule has 0 saturated heterocycles. The van der Waals surface area contributed by atoms with Gasteiger partial charge in [0.1, 0.15) is 17.8 Å². The Hall–Kier alpha value is -1.62. The van der Waals surface area contributed by atoms with E-state index in [0.29, 0.717) is 6.04 Å². The summed E-state index contributed by atoms with van der Waals surface area (Å²) in [6, 6.07) is 2.71. The second kappa shape index (κ2) is 6.43. The lowest BCUT2D eigenvalue weighted by Gasteiger charge is -2.35. The molecular formula is C16H25N5. The van der Waals surface area contributed by atoms with Crippen LogP contribution < -0.4 is 10.6 Å². The molecule has 2 aliphatic carbocycles. The molecule has 2 aromatic rings. The molecule has 3 N–H and O–H groups in total. The van der Waals surface area contributed by atoms with E-state index in [1.807, 2.05) is 12.3 Å². The molecule has 5 heteroatoms. The number of nitrogens with one attached hydrogen (secondary N) is 1. The van der Waals surface area contributed by atoms with E-state index in [4.69, 9.17) is 5.73 Å². The van der Waals surface area contributed by atoms with Crippen molar-refractivity contribution in [2.75, 3.05) is 18.5 Å². The van der Waals surface area contributed by atoms with Gasteiger partial charge in [0.05, 0.1) is 5.39 Å². The molecule has 4 rings (SSSR count). The van der Waals surface area contributed by atoms with Crippen LogP contribution in [0.3, 0.4) is 0 Å². The van der Waals surface area contributed by atoms with Gasteiger partial charge in [-0.05, 0) is 50.6 Å². The van der Waals surface area contributed by atoms with Crippen LogP contribution in [-0.2, 0) is 0 Å². The van der Waals surface area contributed by atoms with Gasteiger partial charge in [-0.15, -0.1) is 0 Å². The number of anilines is 1. The highest BCUT2D eigenvalue weighted by atomic mass is 15.2. The summed E-state index contributed by atoms with van der Waals surface area (Å²) < 4.78 is 0. The maximum absolute atomic E-state index is 5.33. The van der Waals surface area contributed by atoms with Crippen molar-refractivity contribution in [3.05, 3.63) is 18.6 Å². The predicted molar refractivity (Wildman–Crippen MR) is 86.3 cm³/mol. The maximum atomic E-state index is 5.33. The summed E-state index contributed by atoms with van der Waals surface area (Å²) in [6.07, 6.45) is 11.6. The van der Waals surface area contributed by atoms with Crippen LogP contribution in [0.1, 0.15) is 38.5 Å². The fourth-order valence-corrected chi connectivity index (χ4v) is 2.82. The minimum absolute atomic E-state index is 0.665. The second-order valence-corrected chi connectivity index (χ2v) is 6.17. The number of aromatic amines is 1. The molecule has 2 heterocycles. The summed E-state index contributed by atoms with van der Waals surface area (Å²) in [5.41, 5.74) is 6.26. The molecule has 0 aromatic carbocycles. The Kier molecular flexibility index (Phi) is 4.39. The molecule has 2 aromatic heterocycles. The normalized spacial score (nSPS) is 18.6. The first-order valence-electron chi connectivity index (χ1n) is 8.00. The van der Waals surface area contributed by atoms with Gasteiger partial charge in [0.25, 0.3) is 0 Å². The zero-order valence-corrected chi connectivity index (χ0v) is 12.8. The number of nitrogens with zero attached hydrogens (tertiary/aromatic N) is 3. The summed E-state index contributed by atoms with van der Waals surface area (Å²) in [7, 11) is 2.12. The Labute approximate surface area is 126 Å². The average molecular weight is 287 g/mol. The largest absolute Gasteiger partial charge is 0.356 e. The van der Waals surface area contributed by atoms with Gasteiger partial charge in [-0.25, -0.2) is 9.97 Å². The SMILES string of the molecule is CN(c1ncnc2[nH]ccc12)C1CCC1.NCC1CCC1. The van der Waals surface area contributed by atoms with Crippen LogP contribution >= 0.6 is 0 Å². The van der Waals surface area contributed by atoms with E-state index in [0.717, 1.165) is 29.3 Å². The monoisotopic (exact) mass is 287 g/mol. The molecule has 0 unspecified atom stereocenters. The van der Waals surface area contributed by atoms with E-state index in [9.17, 15) is 0 Å². The van der Waals surface area contributed by atoms with Gasteiger partial charge >= 0.3 is 0 Å². The molecule has 0 spiro atoms. The molecule has 5 nitrogen and oxygen atoms in total. The highest BCUT2D eigenvalue weighted by Gasteiger charge is 2.24. The van der Waals surface area contributed by atoms with Crippen LogP contribution in [0.4, 0.5) is 5.82 Å². The number of rotatable bonds is 3. The highest BCUT2D eigenvalue weighted by molar-refractivity contribution is 5.87. The van der Waals surface area contributed by atoms with Crippen molar-refractivity contribution < 1.29 is 0 Å². The first-order chi connectivity index (χ1) is 10.3. The molecule has 0 amide bonds. The van der Waals surface area contributed by atoms with Crippen LogP contribution in [0.25, 0.3) is 11.0 Å². The molecule has 2 fully saturated rings. The number of fused-ring (bicyclic) bond motifs is 1. The van der Waals surface area contributed by atoms with Gasteiger partial charge in [-0.3, -0.25) is 0 Å². The topological polar surface area (TPSA) is 70.8 Å². The number of aromatic nitrogens is 3. The fourth-order valence-electron chi connectivity index (χ4n) is 2.82. The van der Waals surface area contributed by atoms with Crippen molar-refractivity contribution in [1.29, 1.82) is 0 Å². The van der Waals surface area contributed by atoms with Gasteiger partial charge in [0.2, 0.25) is 0 Å². The van der Waals surface area contributed by atoms with Crippen LogP contribution in [0.5, 0.6) is 0 Å². The molecule has 0 atom stereocenters. The Morgan fingerprint density at radius 3 is 2.52 bits per heavy atom. The van der Waals surface area contributed by atoms with Crippen LogP contribution in [0.15, 0.2) is 18.6 Å². The minimum atomic E-state index is 0.665. The zero-order chi connectivity index (χ0) is 14.7. The number of H-pyrrole nitrogens is 1. The van der Waals surface area contributed by atoms with Gasteiger partial charge in [0.15, 0.2) is 0 Å². The van der Waals surface area contributed by atoms with Crippen molar-refractivity contribution in [1.82, 2.24) is 15.0 Å². The third-order valence-corrected chi connectivity index (χ3v) is 4.85. The lowest BCUT2D eigenvalue weighted by Crippen LogP contribution is -2.37. The Balaban J connectivity index is 0.000000186. The van der Waals surface area contributed by atoms with Crippen LogP contribution in [0, 0.1) is 5.92 Å². The lowest BCUT2D eigenvalue weighted by molar-refractivity contribution is 0.325. The molecule has 0 aliphatic heterocycles. The third kappa shape index (κ3) is 3.02. The second-order valence-electron chi connectivity index (χ2n) is 6.17. The maximum Gasteiger partial charge on any atom is 0.142 e. The highest BCUT2D eigenvalue weighted by Crippen LogP contribution is 2.30. The summed E-state index contributed by atoms with van der Waals surface area (Å²) in [5, 5.41) is 1.12. The summed E-state index contributed by atoms with van der Waals surface area (Å²) in [6.45, 7) is 0.917. The number of hydrogen-bond acceptors (Lipinski definition) is 4. The first-order valence-corrected chi connectivity index (χ1v) is 8.00. The number of hydrogen-bond donors (Lipinski definition) is 2. The first kappa shape index (κ1) is 14.3. The smallest absolute Gasteiger partial charge is 0.142 e. The van der Waals surface area contributed by atoms with Crippen LogP contribution in [0.2, 0.25) is 0 Å². The summed E-state index contributed by atoms with van der Waals surface area (Å²) >= 11 is 0. The van der Waals surface area contributed by atoms with Crippen molar-refractivity contribution in [2.45, 2.75) is 44.6 Å². The quantitative estimate of drug-likeness (QED) is 0.910. The fraction of sp³-hybridized carbons (Fsp3) is 0.625. The molecule has 0 bridgehead atoms. The van der Waals surface area contributed by atoms with E-state index in [2.05, 4.69) is 26.9 Å². The van der Waals surface area contributed by atoms with Gasteiger partial charge in [-0.2, -0.15) is 0 Å². The van der Waals surface area contributed by atoms with E-state index >= 15 is 0 Å². The zero-order valence-electron chi connectivity index (χ0n) is 12.8. The summed E-state index contributed by atoms with van der Waals surface area (Å²) in [5.74, 6) is 1.94.